The molecule has 2 aromatic carbocycles. The lowest BCUT2D eigenvalue weighted by Crippen LogP contribution is -2.43. The van der Waals surface area contributed by atoms with Gasteiger partial charge in [-0.1, -0.05) is 23.7 Å². The number of carbonyl (C=O) groups excluding carboxylic acids is 1. The number of likely N-dealkylation sites (tertiary alicyclic amines) is 2. The van der Waals surface area contributed by atoms with Crippen molar-refractivity contribution in [1.29, 1.82) is 0 Å². The Hall–Kier alpha value is -3.90. The van der Waals surface area contributed by atoms with Crippen molar-refractivity contribution in [2.45, 2.75) is 91.0 Å². The fraction of sp³-hybridized carbons (Fsp3) is 0.462. The van der Waals surface area contributed by atoms with Crippen LogP contribution in [0, 0.1) is 6.92 Å². The third-order valence-corrected chi connectivity index (χ3v) is 11.6. The van der Waals surface area contributed by atoms with Gasteiger partial charge in [-0.2, -0.15) is 5.10 Å². The van der Waals surface area contributed by atoms with Gasteiger partial charge in [0.15, 0.2) is 6.10 Å². The number of benzene rings is 2. The highest BCUT2D eigenvalue weighted by atomic mass is 35.5. The number of carbonyl (C=O) groups is 2. The Labute approximate surface area is 307 Å². The quantitative estimate of drug-likeness (QED) is 0.171. The molecule has 2 fully saturated rings. The third-order valence-electron chi connectivity index (χ3n) is 10.2. The Morgan fingerprint density at radius 2 is 1.78 bits per heavy atom. The second-order valence-electron chi connectivity index (χ2n) is 14.8. The van der Waals surface area contributed by atoms with E-state index in [0.717, 1.165) is 106 Å². The van der Waals surface area contributed by atoms with Crippen molar-refractivity contribution in [3.63, 3.8) is 0 Å². The first-order chi connectivity index (χ1) is 24.3. The zero-order valence-corrected chi connectivity index (χ0v) is 31.6. The summed E-state index contributed by atoms with van der Waals surface area (Å²) in [6, 6.07) is 14.0. The highest BCUT2D eigenvalue weighted by Crippen LogP contribution is 2.45. The van der Waals surface area contributed by atoms with E-state index in [2.05, 4.69) is 17.9 Å². The lowest BCUT2D eigenvalue weighted by atomic mass is 9.91. The van der Waals surface area contributed by atoms with E-state index >= 15 is 0 Å². The minimum atomic E-state index is -1.18. The molecule has 0 aliphatic carbocycles. The van der Waals surface area contributed by atoms with Crippen molar-refractivity contribution < 1.29 is 19.4 Å². The van der Waals surface area contributed by atoms with Crippen LogP contribution in [-0.2, 0) is 20.9 Å². The van der Waals surface area contributed by atoms with Gasteiger partial charge < -0.3 is 14.7 Å². The number of pyridine rings is 1. The number of piperidine rings is 1. The molecular weight excluding hydrogens is 684 g/mol. The Morgan fingerprint density at radius 1 is 1.06 bits per heavy atom. The molecule has 3 aromatic heterocycles. The normalized spacial score (nSPS) is 18.3. The van der Waals surface area contributed by atoms with Gasteiger partial charge in [-0.05, 0) is 108 Å². The third kappa shape index (κ3) is 7.01. The predicted octanol–water partition coefficient (Wildman–Crippen LogP) is 8.10. The van der Waals surface area contributed by atoms with E-state index in [-0.39, 0.29) is 11.8 Å². The number of fused-ring (bicyclic) bond motifs is 2. The molecule has 268 valence electrons. The number of carboxylic acid groups (broad SMARTS) is 1. The molecule has 7 rings (SSSR count). The second-order valence-corrected chi connectivity index (χ2v) is 16.2. The number of hydrogen-bond donors (Lipinski definition) is 1. The maximum atomic E-state index is 12.8. The molecule has 0 unspecified atom stereocenters. The van der Waals surface area contributed by atoms with Crippen LogP contribution in [0.3, 0.4) is 0 Å². The van der Waals surface area contributed by atoms with Gasteiger partial charge in [0.05, 0.1) is 32.7 Å². The largest absolute Gasteiger partial charge is 0.479 e. The number of thiazole rings is 1. The summed E-state index contributed by atoms with van der Waals surface area (Å²) in [5, 5.41) is 16.9. The maximum Gasteiger partial charge on any atom is 0.337 e. The van der Waals surface area contributed by atoms with Crippen LogP contribution in [0.2, 0.25) is 5.02 Å². The smallest absolute Gasteiger partial charge is 0.337 e. The molecule has 1 N–H and O–H groups in total. The molecule has 1 amide bonds. The number of ether oxygens (including phenoxy) is 1. The van der Waals surface area contributed by atoms with Crippen LogP contribution >= 0.6 is 22.9 Å². The topological polar surface area (TPSA) is 114 Å². The van der Waals surface area contributed by atoms with Gasteiger partial charge in [-0.3, -0.25) is 14.4 Å². The first kappa shape index (κ1) is 35.5. The SMILES string of the molecule is CCn1nc(C2CCN([C@@H]3CCN(C(C)=O)C3)CC2)c2nc(-c3nc4cc(C)c([C@H](OC(C)(C)C)C(=O)O)c(-c5ccc(Cl)cc5)c4s3)ccc21. The van der Waals surface area contributed by atoms with E-state index in [4.69, 9.17) is 31.4 Å². The molecule has 2 aliphatic rings. The highest BCUT2D eigenvalue weighted by molar-refractivity contribution is 7.22. The summed E-state index contributed by atoms with van der Waals surface area (Å²) in [7, 11) is 0. The van der Waals surface area contributed by atoms with Crippen molar-refractivity contribution >= 4 is 56.1 Å². The van der Waals surface area contributed by atoms with Crippen molar-refractivity contribution in [2.75, 3.05) is 26.2 Å². The average molecular weight is 729 g/mol. The van der Waals surface area contributed by atoms with Gasteiger partial charge in [0.25, 0.3) is 0 Å². The fourth-order valence-electron chi connectivity index (χ4n) is 7.73. The molecule has 2 saturated heterocycles. The molecule has 51 heavy (non-hydrogen) atoms. The first-order valence-corrected chi connectivity index (χ1v) is 19.0. The van der Waals surface area contributed by atoms with Crippen LogP contribution in [0.15, 0.2) is 42.5 Å². The van der Waals surface area contributed by atoms with Crippen molar-refractivity contribution in [2.24, 2.45) is 0 Å². The van der Waals surface area contributed by atoms with Crippen molar-refractivity contribution in [3.8, 4) is 21.8 Å². The lowest BCUT2D eigenvalue weighted by Gasteiger charge is -2.35. The molecular formula is C39H45ClN6O4S. The number of halogens is 1. The maximum absolute atomic E-state index is 12.8. The number of rotatable bonds is 8. The van der Waals surface area contributed by atoms with E-state index in [1.165, 1.54) is 11.3 Å². The van der Waals surface area contributed by atoms with Crippen LogP contribution in [0.25, 0.3) is 43.1 Å². The Morgan fingerprint density at radius 3 is 2.41 bits per heavy atom. The van der Waals surface area contributed by atoms with Gasteiger partial charge in [0.2, 0.25) is 5.91 Å². The zero-order chi connectivity index (χ0) is 36.2. The summed E-state index contributed by atoms with van der Waals surface area (Å²) >= 11 is 7.80. The van der Waals surface area contributed by atoms with Gasteiger partial charge >= 0.3 is 5.97 Å². The molecule has 10 nitrogen and oxygen atoms in total. The van der Waals surface area contributed by atoms with Gasteiger partial charge in [-0.15, -0.1) is 11.3 Å². The highest BCUT2D eigenvalue weighted by Gasteiger charge is 2.35. The zero-order valence-electron chi connectivity index (χ0n) is 30.1. The molecule has 2 aliphatic heterocycles. The standard InChI is InChI=1S/C39H45ClN6O4S/c1-7-46-30-13-12-28(41-34(30)33(43-46)25-14-17-44(18-15-25)27-16-19-45(21-27)23(3)47)37-42-29-20-22(2)31(35(38(48)49)50-39(4,5)6)32(36(29)51-37)24-8-10-26(40)11-9-24/h8-13,20,25,27,35H,7,14-19,21H2,1-6H3,(H,48,49)/t27-,35+/m1/s1. The van der Waals surface area contributed by atoms with E-state index < -0.39 is 17.7 Å². The summed E-state index contributed by atoms with van der Waals surface area (Å²) in [5.41, 5.74) is 6.82. The van der Waals surface area contributed by atoms with Crippen LogP contribution in [0.1, 0.15) is 82.7 Å². The Balaban J connectivity index is 1.28. The summed E-state index contributed by atoms with van der Waals surface area (Å²) in [6.45, 7) is 15.6. The van der Waals surface area contributed by atoms with E-state index in [9.17, 15) is 14.7 Å². The Bertz CT molecular complexity index is 2110. The van der Waals surface area contributed by atoms with E-state index in [0.29, 0.717) is 16.6 Å². The molecule has 12 heteroatoms. The predicted molar refractivity (Wildman–Crippen MR) is 202 cm³/mol. The van der Waals surface area contributed by atoms with Crippen LogP contribution in [0.4, 0.5) is 0 Å². The fourth-order valence-corrected chi connectivity index (χ4v) is 8.95. The van der Waals surface area contributed by atoms with E-state index in [1.807, 2.05) is 73.7 Å². The average Bonchev–Trinajstić information content (AvgIpc) is 3.84. The van der Waals surface area contributed by atoms with E-state index in [1.54, 1.807) is 6.92 Å². The molecule has 0 saturated carbocycles. The van der Waals surface area contributed by atoms with Gasteiger partial charge in [0.1, 0.15) is 10.5 Å². The van der Waals surface area contributed by atoms with Crippen molar-refractivity contribution in [1.82, 2.24) is 29.5 Å². The summed E-state index contributed by atoms with van der Waals surface area (Å²) in [5.74, 6) is -0.598. The summed E-state index contributed by atoms with van der Waals surface area (Å²) in [6.07, 6.45) is 1.84. The van der Waals surface area contributed by atoms with Crippen LogP contribution in [-0.4, -0.2) is 84.4 Å². The molecule has 5 heterocycles. The number of aromatic nitrogens is 4. The minimum Gasteiger partial charge on any atom is -0.479 e. The number of hydrogen-bond acceptors (Lipinski definition) is 8. The van der Waals surface area contributed by atoms with Crippen LogP contribution in [0.5, 0.6) is 0 Å². The number of aliphatic carboxylic acids is 1. The van der Waals surface area contributed by atoms with Gasteiger partial charge in [-0.25, -0.2) is 14.8 Å². The molecule has 0 spiro atoms. The molecule has 0 bridgehead atoms. The Kier molecular flexibility index (Phi) is 9.68. The molecule has 5 aromatic rings. The molecule has 2 atom stereocenters. The summed E-state index contributed by atoms with van der Waals surface area (Å²) in [4.78, 5) is 39.6. The first-order valence-electron chi connectivity index (χ1n) is 17.8. The van der Waals surface area contributed by atoms with Crippen LogP contribution < -0.4 is 0 Å². The second kappa shape index (κ2) is 13.9. The monoisotopic (exact) mass is 728 g/mol. The molecule has 0 radical (unpaired) electrons. The summed E-state index contributed by atoms with van der Waals surface area (Å²) < 4.78 is 9.10. The lowest BCUT2D eigenvalue weighted by molar-refractivity contribution is -0.160. The number of amides is 1. The number of nitrogens with zero attached hydrogens (tertiary/aromatic N) is 6. The van der Waals surface area contributed by atoms with Crippen molar-refractivity contribution in [3.05, 3.63) is 64.3 Å². The van der Waals surface area contributed by atoms with Gasteiger partial charge in [0, 0.05) is 54.7 Å². The number of aryl methyl sites for hydroxylation is 2. The number of carboxylic acids is 1. The minimum absolute atomic E-state index is 0.162.